The highest BCUT2D eigenvalue weighted by molar-refractivity contribution is 5.72. The Balaban J connectivity index is 1.79. The van der Waals surface area contributed by atoms with E-state index in [2.05, 4.69) is 16.0 Å². The van der Waals surface area contributed by atoms with Crippen molar-refractivity contribution in [3.05, 3.63) is 65.5 Å². The Morgan fingerprint density at radius 3 is 2.86 bits per heavy atom. The lowest BCUT2D eigenvalue weighted by Crippen LogP contribution is -2.23. The van der Waals surface area contributed by atoms with Gasteiger partial charge in [-0.3, -0.25) is 14.7 Å². The predicted octanol–water partition coefficient (Wildman–Crippen LogP) is 2.69. The number of aromatic nitrogens is 1. The highest BCUT2D eigenvalue weighted by Crippen LogP contribution is 2.34. The number of aliphatic carboxylic acids is 1. The second-order valence-corrected chi connectivity index (χ2v) is 6.02. The third kappa shape index (κ3) is 3.17. The third-order valence-corrected chi connectivity index (χ3v) is 4.31. The molecule has 4 heteroatoms. The van der Waals surface area contributed by atoms with E-state index in [1.807, 2.05) is 43.5 Å². The van der Waals surface area contributed by atoms with Crippen LogP contribution in [0.25, 0.3) is 0 Å². The topological polar surface area (TPSA) is 53.4 Å². The lowest BCUT2D eigenvalue weighted by Gasteiger charge is -2.16. The van der Waals surface area contributed by atoms with Crippen molar-refractivity contribution >= 4 is 5.97 Å². The first kappa shape index (κ1) is 14.7. The van der Waals surface area contributed by atoms with Gasteiger partial charge in [0.1, 0.15) is 0 Å². The van der Waals surface area contributed by atoms with E-state index >= 15 is 0 Å². The minimum absolute atomic E-state index is 0.0501. The first-order valence-electron chi connectivity index (χ1n) is 7.54. The van der Waals surface area contributed by atoms with Gasteiger partial charge >= 0.3 is 5.97 Å². The Morgan fingerprint density at radius 2 is 2.18 bits per heavy atom. The monoisotopic (exact) mass is 296 g/mol. The maximum absolute atomic E-state index is 11.6. The van der Waals surface area contributed by atoms with Crippen LogP contribution in [0.15, 0.2) is 48.8 Å². The standard InChI is InChI=1S/C18H20N2O2/c1-13-4-2-6-15(8-13)16-11-20(12-17(16)18(21)22)10-14-5-3-7-19-9-14/h2-9,16-17H,10-12H2,1H3,(H,21,22)/t16-,17+/m0/s1. The Labute approximate surface area is 130 Å². The number of pyridine rings is 1. The summed E-state index contributed by atoms with van der Waals surface area (Å²) in [5.74, 6) is -1.01. The normalized spacial score (nSPS) is 21.9. The van der Waals surface area contributed by atoms with Crippen LogP contribution in [-0.4, -0.2) is 34.0 Å². The number of benzene rings is 1. The minimum Gasteiger partial charge on any atom is -0.481 e. The average Bonchev–Trinajstić information content (AvgIpc) is 2.92. The lowest BCUT2D eigenvalue weighted by molar-refractivity contribution is -0.141. The maximum Gasteiger partial charge on any atom is 0.308 e. The summed E-state index contributed by atoms with van der Waals surface area (Å²) in [7, 11) is 0. The number of carboxylic acid groups (broad SMARTS) is 1. The molecule has 1 aliphatic rings. The average molecular weight is 296 g/mol. The lowest BCUT2D eigenvalue weighted by atomic mass is 9.88. The molecule has 0 spiro atoms. The molecule has 114 valence electrons. The fourth-order valence-electron chi connectivity index (χ4n) is 3.25. The molecule has 1 aliphatic heterocycles. The van der Waals surface area contributed by atoms with Gasteiger partial charge in [0.15, 0.2) is 0 Å². The number of aryl methyl sites for hydroxylation is 1. The van der Waals surface area contributed by atoms with Crippen LogP contribution in [0.3, 0.4) is 0 Å². The number of hydrogen-bond donors (Lipinski definition) is 1. The number of hydrogen-bond acceptors (Lipinski definition) is 3. The predicted molar refractivity (Wildman–Crippen MR) is 84.6 cm³/mol. The molecule has 1 saturated heterocycles. The van der Waals surface area contributed by atoms with Crippen LogP contribution in [0.5, 0.6) is 0 Å². The van der Waals surface area contributed by atoms with Crippen LogP contribution >= 0.6 is 0 Å². The second kappa shape index (κ2) is 6.28. The molecular formula is C18H20N2O2. The molecule has 0 saturated carbocycles. The van der Waals surface area contributed by atoms with Gasteiger partial charge in [-0.2, -0.15) is 0 Å². The van der Waals surface area contributed by atoms with Crippen molar-refractivity contribution in [1.82, 2.24) is 9.88 Å². The summed E-state index contributed by atoms with van der Waals surface area (Å²) in [6.07, 6.45) is 3.60. The number of rotatable bonds is 4. The molecule has 2 heterocycles. The van der Waals surface area contributed by atoms with E-state index < -0.39 is 5.97 Å². The molecule has 0 aliphatic carbocycles. The highest BCUT2D eigenvalue weighted by Gasteiger charge is 2.38. The Bertz CT molecular complexity index is 657. The van der Waals surface area contributed by atoms with E-state index in [4.69, 9.17) is 0 Å². The zero-order valence-corrected chi connectivity index (χ0v) is 12.6. The van der Waals surface area contributed by atoms with E-state index in [-0.39, 0.29) is 11.8 Å². The molecule has 2 atom stereocenters. The van der Waals surface area contributed by atoms with Crippen LogP contribution in [0, 0.1) is 12.8 Å². The van der Waals surface area contributed by atoms with Crippen LogP contribution in [0.4, 0.5) is 0 Å². The summed E-state index contributed by atoms with van der Waals surface area (Å²) < 4.78 is 0. The first-order valence-corrected chi connectivity index (χ1v) is 7.54. The minimum atomic E-state index is -0.708. The molecule has 1 aromatic heterocycles. The van der Waals surface area contributed by atoms with E-state index in [1.54, 1.807) is 6.20 Å². The number of nitrogens with zero attached hydrogens (tertiary/aromatic N) is 2. The van der Waals surface area contributed by atoms with Gasteiger partial charge in [0.2, 0.25) is 0 Å². The van der Waals surface area contributed by atoms with Gasteiger partial charge in [0, 0.05) is 37.9 Å². The molecule has 3 rings (SSSR count). The van der Waals surface area contributed by atoms with Crippen LogP contribution in [0.2, 0.25) is 0 Å². The Kier molecular flexibility index (Phi) is 4.20. The second-order valence-electron chi connectivity index (χ2n) is 6.02. The molecule has 0 unspecified atom stereocenters. The van der Waals surface area contributed by atoms with Crippen molar-refractivity contribution in [3.63, 3.8) is 0 Å². The molecule has 2 aromatic rings. The van der Waals surface area contributed by atoms with Gasteiger partial charge in [0.05, 0.1) is 5.92 Å². The van der Waals surface area contributed by atoms with E-state index in [1.165, 1.54) is 5.56 Å². The van der Waals surface area contributed by atoms with Gasteiger partial charge in [-0.25, -0.2) is 0 Å². The largest absolute Gasteiger partial charge is 0.481 e. The third-order valence-electron chi connectivity index (χ3n) is 4.31. The SMILES string of the molecule is Cc1cccc([C@@H]2CN(Cc3cccnc3)C[C@H]2C(=O)O)c1. The molecule has 0 amide bonds. The fourth-order valence-corrected chi connectivity index (χ4v) is 3.25. The summed E-state index contributed by atoms with van der Waals surface area (Å²) in [4.78, 5) is 18.0. The van der Waals surface area contributed by atoms with Crippen LogP contribution in [-0.2, 0) is 11.3 Å². The smallest absolute Gasteiger partial charge is 0.308 e. The molecule has 1 aromatic carbocycles. The van der Waals surface area contributed by atoms with Crippen LogP contribution in [0.1, 0.15) is 22.6 Å². The Hall–Kier alpha value is -2.20. The van der Waals surface area contributed by atoms with Crippen molar-refractivity contribution < 1.29 is 9.90 Å². The van der Waals surface area contributed by atoms with Crippen molar-refractivity contribution in [3.8, 4) is 0 Å². The number of likely N-dealkylation sites (tertiary alicyclic amines) is 1. The summed E-state index contributed by atoms with van der Waals surface area (Å²) in [5, 5.41) is 9.56. The van der Waals surface area contributed by atoms with Crippen molar-refractivity contribution in [1.29, 1.82) is 0 Å². The van der Waals surface area contributed by atoms with E-state index in [0.717, 1.165) is 24.2 Å². The quantitative estimate of drug-likeness (QED) is 0.942. The van der Waals surface area contributed by atoms with Crippen molar-refractivity contribution in [2.75, 3.05) is 13.1 Å². The number of carbonyl (C=O) groups is 1. The van der Waals surface area contributed by atoms with Crippen molar-refractivity contribution in [2.24, 2.45) is 5.92 Å². The zero-order valence-electron chi connectivity index (χ0n) is 12.6. The van der Waals surface area contributed by atoms with Gasteiger partial charge in [0.25, 0.3) is 0 Å². The van der Waals surface area contributed by atoms with Gasteiger partial charge in [-0.1, -0.05) is 35.9 Å². The van der Waals surface area contributed by atoms with E-state index in [9.17, 15) is 9.90 Å². The zero-order chi connectivity index (χ0) is 15.5. The molecular weight excluding hydrogens is 276 g/mol. The van der Waals surface area contributed by atoms with Gasteiger partial charge < -0.3 is 5.11 Å². The summed E-state index contributed by atoms with van der Waals surface area (Å²) in [5.41, 5.74) is 3.42. The molecule has 4 nitrogen and oxygen atoms in total. The van der Waals surface area contributed by atoms with Gasteiger partial charge in [-0.05, 0) is 24.1 Å². The van der Waals surface area contributed by atoms with E-state index in [0.29, 0.717) is 6.54 Å². The first-order chi connectivity index (χ1) is 10.6. The summed E-state index contributed by atoms with van der Waals surface area (Å²) in [6.45, 7) is 4.15. The molecule has 1 N–H and O–H groups in total. The summed E-state index contributed by atoms with van der Waals surface area (Å²) >= 11 is 0. The Morgan fingerprint density at radius 1 is 1.32 bits per heavy atom. The molecule has 22 heavy (non-hydrogen) atoms. The molecule has 0 bridgehead atoms. The molecule has 1 fully saturated rings. The summed E-state index contributed by atoms with van der Waals surface area (Å²) in [6, 6.07) is 12.1. The fraction of sp³-hybridized carbons (Fsp3) is 0.333. The number of carboxylic acids is 1. The van der Waals surface area contributed by atoms with Crippen molar-refractivity contribution in [2.45, 2.75) is 19.4 Å². The van der Waals surface area contributed by atoms with Crippen LogP contribution < -0.4 is 0 Å². The maximum atomic E-state index is 11.6. The van der Waals surface area contributed by atoms with Gasteiger partial charge in [-0.15, -0.1) is 0 Å². The highest BCUT2D eigenvalue weighted by atomic mass is 16.4. The molecule has 0 radical (unpaired) electrons.